The average molecular weight is 286 g/mol. The van der Waals surface area contributed by atoms with Crippen molar-refractivity contribution in [2.45, 2.75) is 38.7 Å². The van der Waals surface area contributed by atoms with E-state index in [4.69, 9.17) is 17.3 Å². The third kappa shape index (κ3) is 2.93. The fourth-order valence-electron chi connectivity index (χ4n) is 3.30. The van der Waals surface area contributed by atoms with E-state index in [2.05, 4.69) is 6.92 Å². The SMILES string of the molecule is CC1CCCC(CN)(C(O)c2ccc(Cl)cc2F)C1. The Morgan fingerprint density at radius 2 is 2.32 bits per heavy atom. The molecule has 3 N–H and O–H groups in total. The van der Waals surface area contributed by atoms with Crippen LogP contribution < -0.4 is 5.73 Å². The number of rotatable bonds is 3. The van der Waals surface area contributed by atoms with Crippen LogP contribution in [0.25, 0.3) is 0 Å². The quantitative estimate of drug-likeness (QED) is 0.890. The summed E-state index contributed by atoms with van der Waals surface area (Å²) in [5.41, 5.74) is 5.81. The Kier molecular flexibility index (Phi) is 4.49. The van der Waals surface area contributed by atoms with Crippen LogP contribution >= 0.6 is 11.6 Å². The van der Waals surface area contributed by atoms with Gasteiger partial charge in [0.2, 0.25) is 0 Å². The molecule has 4 heteroatoms. The molecule has 0 spiro atoms. The molecule has 0 bridgehead atoms. The summed E-state index contributed by atoms with van der Waals surface area (Å²) < 4.78 is 14.0. The van der Waals surface area contributed by atoms with Gasteiger partial charge in [0.25, 0.3) is 0 Å². The Morgan fingerprint density at radius 3 is 2.89 bits per heavy atom. The highest BCUT2D eigenvalue weighted by Gasteiger charge is 2.41. The molecular weight excluding hydrogens is 265 g/mol. The van der Waals surface area contributed by atoms with E-state index in [1.807, 2.05) is 0 Å². The van der Waals surface area contributed by atoms with Gasteiger partial charge in [-0.25, -0.2) is 4.39 Å². The molecule has 2 rings (SSSR count). The van der Waals surface area contributed by atoms with Crippen LogP contribution in [0.2, 0.25) is 5.02 Å². The van der Waals surface area contributed by atoms with Gasteiger partial charge in [0.1, 0.15) is 5.82 Å². The normalized spacial score (nSPS) is 29.2. The molecular formula is C15H21ClFNO. The Hall–Kier alpha value is -0.640. The maximum absolute atomic E-state index is 14.0. The first kappa shape index (κ1) is 14.8. The number of hydrogen-bond donors (Lipinski definition) is 2. The van der Waals surface area contributed by atoms with Crippen LogP contribution in [0.5, 0.6) is 0 Å². The van der Waals surface area contributed by atoms with Gasteiger partial charge >= 0.3 is 0 Å². The minimum absolute atomic E-state index is 0.309. The summed E-state index contributed by atoms with van der Waals surface area (Å²) in [6, 6.07) is 4.43. The molecule has 1 aromatic carbocycles. The zero-order chi connectivity index (χ0) is 14.0. The van der Waals surface area contributed by atoms with Crippen LogP contribution in [0.3, 0.4) is 0 Å². The topological polar surface area (TPSA) is 46.2 Å². The highest BCUT2D eigenvalue weighted by atomic mass is 35.5. The number of halogens is 2. The molecule has 106 valence electrons. The molecule has 2 nitrogen and oxygen atoms in total. The van der Waals surface area contributed by atoms with Crippen molar-refractivity contribution in [2.24, 2.45) is 17.1 Å². The average Bonchev–Trinajstić information content (AvgIpc) is 2.38. The van der Waals surface area contributed by atoms with E-state index in [1.54, 1.807) is 12.1 Å². The van der Waals surface area contributed by atoms with Gasteiger partial charge in [-0.2, -0.15) is 0 Å². The maximum Gasteiger partial charge on any atom is 0.130 e. The summed E-state index contributed by atoms with van der Waals surface area (Å²) >= 11 is 5.75. The van der Waals surface area contributed by atoms with Gasteiger partial charge in [-0.05, 0) is 30.9 Å². The summed E-state index contributed by atoms with van der Waals surface area (Å²) in [5, 5.41) is 11.0. The van der Waals surface area contributed by atoms with Crippen LogP contribution in [-0.2, 0) is 0 Å². The molecule has 3 atom stereocenters. The molecule has 1 aliphatic carbocycles. The predicted octanol–water partition coefficient (Wildman–Crippen LogP) is 3.67. The Morgan fingerprint density at radius 1 is 1.58 bits per heavy atom. The first-order chi connectivity index (χ1) is 8.98. The fourth-order valence-corrected chi connectivity index (χ4v) is 3.46. The first-order valence-electron chi connectivity index (χ1n) is 6.81. The Balaban J connectivity index is 2.32. The van der Waals surface area contributed by atoms with Crippen molar-refractivity contribution < 1.29 is 9.50 Å². The lowest BCUT2D eigenvalue weighted by molar-refractivity contribution is -0.0150. The molecule has 0 aromatic heterocycles. The van der Waals surface area contributed by atoms with Crippen molar-refractivity contribution in [1.82, 2.24) is 0 Å². The van der Waals surface area contributed by atoms with Crippen molar-refractivity contribution in [3.05, 3.63) is 34.6 Å². The predicted molar refractivity (Wildman–Crippen MR) is 75.5 cm³/mol. The van der Waals surface area contributed by atoms with Crippen molar-refractivity contribution in [3.63, 3.8) is 0 Å². The van der Waals surface area contributed by atoms with E-state index in [9.17, 15) is 9.50 Å². The summed E-state index contributed by atoms with van der Waals surface area (Å²) in [5.74, 6) is 0.0633. The molecule has 0 aliphatic heterocycles. The number of aliphatic hydroxyl groups is 1. The highest BCUT2D eigenvalue weighted by Crippen LogP contribution is 2.47. The number of hydrogen-bond acceptors (Lipinski definition) is 2. The zero-order valence-electron chi connectivity index (χ0n) is 11.2. The Bertz CT molecular complexity index is 454. The maximum atomic E-state index is 14.0. The van der Waals surface area contributed by atoms with Crippen molar-refractivity contribution >= 4 is 11.6 Å². The summed E-state index contributed by atoms with van der Waals surface area (Å²) in [6.45, 7) is 2.54. The van der Waals surface area contributed by atoms with Crippen LogP contribution in [0.1, 0.15) is 44.3 Å². The van der Waals surface area contributed by atoms with Crippen molar-refractivity contribution in [2.75, 3.05) is 6.54 Å². The molecule has 1 aliphatic rings. The van der Waals surface area contributed by atoms with Crippen LogP contribution in [0.4, 0.5) is 4.39 Å². The molecule has 1 fully saturated rings. The lowest BCUT2D eigenvalue weighted by Gasteiger charge is -2.43. The van der Waals surface area contributed by atoms with Crippen molar-refractivity contribution in [3.8, 4) is 0 Å². The third-order valence-corrected chi connectivity index (χ3v) is 4.61. The molecule has 19 heavy (non-hydrogen) atoms. The highest BCUT2D eigenvalue weighted by molar-refractivity contribution is 6.30. The number of benzene rings is 1. The minimum atomic E-state index is -0.863. The van der Waals surface area contributed by atoms with Gasteiger partial charge in [-0.1, -0.05) is 37.4 Å². The summed E-state index contributed by atoms with van der Waals surface area (Å²) in [7, 11) is 0. The fraction of sp³-hybridized carbons (Fsp3) is 0.600. The van der Waals surface area contributed by atoms with Gasteiger partial charge in [0, 0.05) is 22.5 Å². The lowest BCUT2D eigenvalue weighted by atomic mass is 9.65. The van der Waals surface area contributed by atoms with Gasteiger partial charge in [-0.15, -0.1) is 0 Å². The molecule has 0 heterocycles. The van der Waals surface area contributed by atoms with Crippen LogP contribution in [-0.4, -0.2) is 11.7 Å². The second-order valence-electron chi connectivity index (χ2n) is 5.84. The van der Waals surface area contributed by atoms with E-state index in [1.165, 1.54) is 6.07 Å². The van der Waals surface area contributed by atoms with E-state index in [-0.39, 0.29) is 0 Å². The number of nitrogens with two attached hydrogens (primary N) is 1. The van der Waals surface area contributed by atoms with E-state index >= 15 is 0 Å². The molecule has 1 saturated carbocycles. The van der Waals surface area contributed by atoms with E-state index in [0.717, 1.165) is 25.7 Å². The second kappa shape index (κ2) is 5.78. The van der Waals surface area contributed by atoms with E-state index in [0.29, 0.717) is 23.0 Å². The third-order valence-electron chi connectivity index (χ3n) is 4.37. The van der Waals surface area contributed by atoms with Gasteiger partial charge in [0.05, 0.1) is 6.10 Å². The zero-order valence-corrected chi connectivity index (χ0v) is 12.0. The largest absolute Gasteiger partial charge is 0.388 e. The molecule has 0 amide bonds. The smallest absolute Gasteiger partial charge is 0.130 e. The molecule has 3 unspecified atom stereocenters. The second-order valence-corrected chi connectivity index (χ2v) is 6.27. The monoisotopic (exact) mass is 285 g/mol. The van der Waals surface area contributed by atoms with Gasteiger partial charge in [-0.3, -0.25) is 0 Å². The standard InChI is InChI=1S/C15H21ClFNO/c1-10-3-2-6-15(8-10,9-18)14(19)12-5-4-11(16)7-13(12)17/h4-5,7,10,14,19H,2-3,6,8-9,18H2,1H3. The van der Waals surface area contributed by atoms with Crippen LogP contribution in [0.15, 0.2) is 18.2 Å². The van der Waals surface area contributed by atoms with E-state index < -0.39 is 17.3 Å². The van der Waals surface area contributed by atoms with Gasteiger partial charge < -0.3 is 10.8 Å². The lowest BCUT2D eigenvalue weighted by Crippen LogP contribution is -2.41. The number of aliphatic hydroxyl groups excluding tert-OH is 1. The molecule has 0 saturated heterocycles. The van der Waals surface area contributed by atoms with Crippen molar-refractivity contribution in [1.29, 1.82) is 0 Å². The summed E-state index contributed by atoms with van der Waals surface area (Å²) in [4.78, 5) is 0. The molecule has 1 aromatic rings. The molecule has 0 radical (unpaired) electrons. The summed E-state index contributed by atoms with van der Waals surface area (Å²) in [6.07, 6.45) is 3.00. The minimum Gasteiger partial charge on any atom is -0.388 e. The Labute approximate surface area is 118 Å². The first-order valence-corrected chi connectivity index (χ1v) is 7.19. The van der Waals surface area contributed by atoms with Gasteiger partial charge in [0.15, 0.2) is 0 Å². The van der Waals surface area contributed by atoms with Crippen LogP contribution in [0, 0.1) is 17.2 Å².